The molecular weight excluding hydrogens is 326 g/mol. The van der Waals surface area contributed by atoms with Crippen molar-refractivity contribution in [2.24, 2.45) is 0 Å². The SMILES string of the molecule is Cc1nc2scc(C)n2c(=O)c1S(=O)(=O)NCc1ccco1. The zero-order valence-corrected chi connectivity index (χ0v) is 13.5. The van der Waals surface area contributed by atoms with E-state index in [0.29, 0.717) is 16.4 Å². The number of sulfonamides is 1. The summed E-state index contributed by atoms with van der Waals surface area (Å²) in [4.78, 5) is 16.9. The molecule has 3 rings (SSSR count). The van der Waals surface area contributed by atoms with Gasteiger partial charge in [-0.05, 0) is 26.0 Å². The molecule has 0 aliphatic rings. The van der Waals surface area contributed by atoms with Crippen molar-refractivity contribution < 1.29 is 12.8 Å². The van der Waals surface area contributed by atoms with Crippen LogP contribution in [0.4, 0.5) is 0 Å². The van der Waals surface area contributed by atoms with Gasteiger partial charge in [0.15, 0.2) is 9.86 Å². The molecule has 116 valence electrons. The lowest BCUT2D eigenvalue weighted by Gasteiger charge is -2.08. The average Bonchev–Trinajstić information content (AvgIpc) is 3.06. The molecule has 0 saturated heterocycles. The molecule has 9 heteroatoms. The molecule has 0 saturated carbocycles. The minimum Gasteiger partial charge on any atom is -0.468 e. The number of hydrogen-bond donors (Lipinski definition) is 1. The molecule has 3 aromatic rings. The lowest BCUT2D eigenvalue weighted by molar-refractivity contribution is 0.498. The van der Waals surface area contributed by atoms with E-state index in [0.717, 1.165) is 0 Å². The molecule has 0 amide bonds. The fraction of sp³-hybridized carbons (Fsp3) is 0.231. The largest absolute Gasteiger partial charge is 0.468 e. The first-order valence-corrected chi connectivity index (χ1v) is 8.76. The molecule has 7 nitrogen and oxygen atoms in total. The number of rotatable bonds is 4. The fourth-order valence-electron chi connectivity index (χ4n) is 2.13. The summed E-state index contributed by atoms with van der Waals surface area (Å²) in [7, 11) is -3.99. The van der Waals surface area contributed by atoms with Crippen LogP contribution in [0.25, 0.3) is 4.96 Å². The second-order valence-corrected chi connectivity index (χ2v) is 7.27. The van der Waals surface area contributed by atoms with Crippen LogP contribution >= 0.6 is 11.3 Å². The Morgan fingerprint density at radius 2 is 2.18 bits per heavy atom. The molecule has 0 aromatic carbocycles. The molecule has 0 radical (unpaired) electrons. The van der Waals surface area contributed by atoms with E-state index in [1.807, 2.05) is 0 Å². The van der Waals surface area contributed by atoms with Crippen molar-refractivity contribution in [3.8, 4) is 0 Å². The monoisotopic (exact) mass is 339 g/mol. The van der Waals surface area contributed by atoms with Gasteiger partial charge in [0, 0.05) is 11.1 Å². The number of aryl methyl sites for hydroxylation is 2. The quantitative estimate of drug-likeness (QED) is 0.776. The minimum absolute atomic E-state index is 0.0282. The van der Waals surface area contributed by atoms with Gasteiger partial charge in [-0.3, -0.25) is 9.20 Å². The maximum absolute atomic E-state index is 12.5. The normalized spacial score (nSPS) is 12.1. The van der Waals surface area contributed by atoms with Crippen molar-refractivity contribution in [1.29, 1.82) is 0 Å². The van der Waals surface area contributed by atoms with E-state index >= 15 is 0 Å². The van der Waals surface area contributed by atoms with Crippen molar-refractivity contribution in [1.82, 2.24) is 14.1 Å². The molecule has 22 heavy (non-hydrogen) atoms. The van der Waals surface area contributed by atoms with E-state index in [1.165, 1.54) is 28.9 Å². The summed E-state index contributed by atoms with van der Waals surface area (Å²) in [5.74, 6) is 0.460. The van der Waals surface area contributed by atoms with Crippen LogP contribution < -0.4 is 10.3 Å². The lowest BCUT2D eigenvalue weighted by Crippen LogP contribution is -2.32. The second kappa shape index (κ2) is 5.34. The molecule has 0 spiro atoms. The van der Waals surface area contributed by atoms with Gasteiger partial charge in [0.1, 0.15) is 5.76 Å². The Bertz CT molecular complexity index is 984. The Kier molecular flexibility index (Phi) is 3.63. The third-order valence-corrected chi connectivity index (χ3v) is 5.63. The summed E-state index contributed by atoms with van der Waals surface area (Å²) in [6.07, 6.45) is 1.45. The highest BCUT2D eigenvalue weighted by Crippen LogP contribution is 2.16. The van der Waals surface area contributed by atoms with E-state index in [2.05, 4.69) is 9.71 Å². The van der Waals surface area contributed by atoms with E-state index in [4.69, 9.17) is 4.42 Å². The van der Waals surface area contributed by atoms with Crippen LogP contribution in [0.2, 0.25) is 0 Å². The van der Waals surface area contributed by atoms with E-state index in [9.17, 15) is 13.2 Å². The standard InChI is InChI=1S/C13H13N3O4S2/c1-8-7-21-13-15-9(2)11(12(17)16(8)13)22(18,19)14-6-10-4-3-5-20-10/h3-5,7,14H,6H2,1-2H3. The first kappa shape index (κ1) is 14.9. The maximum Gasteiger partial charge on any atom is 0.279 e. The van der Waals surface area contributed by atoms with Gasteiger partial charge in [-0.15, -0.1) is 11.3 Å². The van der Waals surface area contributed by atoms with Gasteiger partial charge in [-0.1, -0.05) is 0 Å². The highest BCUT2D eigenvalue weighted by atomic mass is 32.2. The van der Waals surface area contributed by atoms with Crippen molar-refractivity contribution in [2.75, 3.05) is 0 Å². The molecule has 3 heterocycles. The zero-order chi connectivity index (χ0) is 15.9. The Hall–Kier alpha value is -1.97. The van der Waals surface area contributed by atoms with Gasteiger partial charge < -0.3 is 4.42 Å². The number of thiazole rings is 1. The smallest absolute Gasteiger partial charge is 0.279 e. The highest BCUT2D eigenvalue weighted by Gasteiger charge is 2.24. The van der Waals surface area contributed by atoms with Crippen molar-refractivity contribution in [3.05, 3.63) is 51.3 Å². The Morgan fingerprint density at radius 3 is 2.86 bits per heavy atom. The fourth-order valence-corrected chi connectivity index (χ4v) is 4.26. The maximum atomic E-state index is 12.5. The van der Waals surface area contributed by atoms with Crippen LogP contribution in [-0.4, -0.2) is 17.8 Å². The van der Waals surface area contributed by atoms with Crippen LogP contribution in [0.15, 0.2) is 37.9 Å². The topological polar surface area (TPSA) is 93.7 Å². The molecular formula is C13H13N3O4S2. The number of aromatic nitrogens is 2. The van der Waals surface area contributed by atoms with Crippen LogP contribution in [0, 0.1) is 13.8 Å². The van der Waals surface area contributed by atoms with Crippen molar-refractivity contribution >= 4 is 26.3 Å². The van der Waals surface area contributed by atoms with Gasteiger partial charge in [0.25, 0.3) is 5.56 Å². The molecule has 0 fully saturated rings. The van der Waals surface area contributed by atoms with E-state index < -0.39 is 15.6 Å². The van der Waals surface area contributed by atoms with Gasteiger partial charge in [-0.2, -0.15) is 0 Å². The summed E-state index contributed by atoms with van der Waals surface area (Å²) in [6.45, 7) is 3.21. The Morgan fingerprint density at radius 1 is 1.41 bits per heavy atom. The average molecular weight is 339 g/mol. The Balaban J connectivity index is 2.08. The third-order valence-electron chi connectivity index (χ3n) is 3.15. The molecule has 0 bridgehead atoms. The van der Waals surface area contributed by atoms with Gasteiger partial charge >= 0.3 is 0 Å². The van der Waals surface area contributed by atoms with Crippen LogP contribution in [0.1, 0.15) is 17.1 Å². The van der Waals surface area contributed by atoms with Gasteiger partial charge in [0.05, 0.1) is 18.5 Å². The molecule has 0 aliphatic heterocycles. The summed E-state index contributed by atoms with van der Waals surface area (Å²) in [6, 6.07) is 3.30. The molecule has 0 aliphatic carbocycles. The predicted octanol–water partition coefficient (Wildman–Crippen LogP) is 1.44. The highest BCUT2D eigenvalue weighted by molar-refractivity contribution is 7.89. The number of furan rings is 1. The lowest BCUT2D eigenvalue weighted by atomic mass is 10.4. The van der Waals surface area contributed by atoms with E-state index in [-0.39, 0.29) is 17.1 Å². The van der Waals surface area contributed by atoms with Crippen molar-refractivity contribution in [2.45, 2.75) is 25.3 Å². The molecule has 0 unspecified atom stereocenters. The third kappa shape index (κ3) is 2.47. The summed E-state index contributed by atoms with van der Waals surface area (Å²) in [5.41, 5.74) is 0.243. The first-order chi connectivity index (χ1) is 10.4. The van der Waals surface area contributed by atoms with E-state index in [1.54, 1.807) is 24.4 Å². The number of nitrogens with one attached hydrogen (secondary N) is 1. The number of hydrogen-bond acceptors (Lipinski definition) is 6. The van der Waals surface area contributed by atoms with Crippen LogP contribution in [0.5, 0.6) is 0 Å². The van der Waals surface area contributed by atoms with Crippen LogP contribution in [0.3, 0.4) is 0 Å². The number of nitrogens with zero attached hydrogens (tertiary/aromatic N) is 2. The predicted molar refractivity (Wildman–Crippen MR) is 81.5 cm³/mol. The Labute approximate surface area is 130 Å². The summed E-state index contributed by atoms with van der Waals surface area (Å²) < 4.78 is 33.6. The zero-order valence-electron chi connectivity index (χ0n) is 11.9. The summed E-state index contributed by atoms with van der Waals surface area (Å²) >= 11 is 1.29. The second-order valence-electron chi connectivity index (χ2n) is 4.73. The van der Waals surface area contributed by atoms with Crippen molar-refractivity contribution in [3.63, 3.8) is 0 Å². The van der Waals surface area contributed by atoms with Crippen LogP contribution in [-0.2, 0) is 16.6 Å². The first-order valence-electron chi connectivity index (χ1n) is 6.39. The molecule has 0 atom stereocenters. The van der Waals surface area contributed by atoms with Gasteiger partial charge in [-0.25, -0.2) is 18.1 Å². The number of fused-ring (bicyclic) bond motifs is 1. The summed E-state index contributed by atoms with van der Waals surface area (Å²) in [5, 5.41) is 1.76. The van der Waals surface area contributed by atoms with Gasteiger partial charge in [0.2, 0.25) is 10.0 Å². The molecule has 3 aromatic heterocycles. The molecule has 1 N–H and O–H groups in total. The minimum atomic E-state index is -3.99.